The van der Waals surface area contributed by atoms with Gasteiger partial charge in [0.15, 0.2) is 0 Å². The van der Waals surface area contributed by atoms with E-state index in [1.807, 2.05) is 13.8 Å². The van der Waals surface area contributed by atoms with Gasteiger partial charge in [-0.05, 0) is 33.1 Å². The highest BCUT2D eigenvalue weighted by Crippen LogP contribution is 2.26. The van der Waals surface area contributed by atoms with Crippen molar-refractivity contribution in [1.29, 1.82) is 0 Å². The monoisotopic (exact) mass is 282 g/mol. The number of hydrogen-bond acceptors (Lipinski definition) is 5. The van der Waals surface area contributed by atoms with E-state index >= 15 is 0 Å². The molecule has 2 rings (SSSR count). The molecule has 1 aromatic heterocycles. The Morgan fingerprint density at radius 2 is 2.25 bits per heavy atom. The minimum atomic E-state index is -0.466. The van der Waals surface area contributed by atoms with Gasteiger partial charge < -0.3 is 19.7 Å². The third-order valence-electron chi connectivity index (χ3n) is 4.05. The number of methoxy groups -OCH3 is 1. The van der Waals surface area contributed by atoms with Crippen LogP contribution in [0.2, 0.25) is 0 Å². The summed E-state index contributed by atoms with van der Waals surface area (Å²) in [7, 11) is 1.57. The molecule has 1 aromatic rings. The molecule has 0 aromatic carbocycles. The van der Waals surface area contributed by atoms with Crippen molar-refractivity contribution in [2.75, 3.05) is 7.11 Å². The van der Waals surface area contributed by atoms with E-state index in [4.69, 9.17) is 9.26 Å². The Morgan fingerprint density at radius 3 is 2.85 bits per heavy atom. The fourth-order valence-electron chi connectivity index (χ4n) is 2.68. The predicted molar refractivity (Wildman–Crippen MR) is 72.0 cm³/mol. The van der Waals surface area contributed by atoms with Crippen molar-refractivity contribution in [2.45, 2.75) is 51.9 Å². The summed E-state index contributed by atoms with van der Waals surface area (Å²) in [6.45, 7) is 4.12. The normalized spacial score (nSPS) is 26.5. The first kappa shape index (κ1) is 15.0. The molecule has 0 saturated heterocycles. The lowest BCUT2D eigenvalue weighted by atomic mass is 9.84. The van der Waals surface area contributed by atoms with E-state index in [2.05, 4.69) is 10.5 Å². The van der Waals surface area contributed by atoms with Gasteiger partial charge in [-0.25, -0.2) is 0 Å². The molecule has 1 saturated carbocycles. The number of aliphatic hydroxyl groups is 1. The minimum absolute atomic E-state index is 0.000972. The molecular weight excluding hydrogens is 260 g/mol. The van der Waals surface area contributed by atoms with Crippen LogP contribution in [0.25, 0.3) is 0 Å². The number of aryl methyl sites for hydroxylation is 2. The van der Waals surface area contributed by atoms with Crippen LogP contribution in [0.15, 0.2) is 4.52 Å². The lowest BCUT2D eigenvalue weighted by molar-refractivity contribution is -0.130. The molecule has 0 spiro atoms. The quantitative estimate of drug-likeness (QED) is 0.863. The van der Waals surface area contributed by atoms with Crippen LogP contribution in [-0.2, 0) is 16.1 Å². The van der Waals surface area contributed by atoms with Gasteiger partial charge in [0.05, 0.1) is 17.9 Å². The zero-order valence-corrected chi connectivity index (χ0v) is 12.2. The molecule has 0 aliphatic heterocycles. The minimum Gasteiger partial charge on any atom is -0.390 e. The van der Waals surface area contributed by atoms with Crippen LogP contribution in [0.4, 0.5) is 0 Å². The van der Waals surface area contributed by atoms with Crippen molar-refractivity contribution in [3.8, 4) is 0 Å². The fourth-order valence-corrected chi connectivity index (χ4v) is 2.68. The summed E-state index contributed by atoms with van der Waals surface area (Å²) in [6, 6.07) is 0. The van der Waals surface area contributed by atoms with Crippen molar-refractivity contribution in [3.63, 3.8) is 0 Å². The Morgan fingerprint density at radius 1 is 1.50 bits per heavy atom. The van der Waals surface area contributed by atoms with Gasteiger partial charge in [0.2, 0.25) is 5.91 Å². The van der Waals surface area contributed by atoms with Crippen LogP contribution in [0.3, 0.4) is 0 Å². The van der Waals surface area contributed by atoms with Crippen molar-refractivity contribution in [3.05, 3.63) is 17.0 Å². The third-order valence-corrected chi connectivity index (χ3v) is 4.05. The molecule has 2 N–H and O–H groups in total. The average Bonchev–Trinajstić information content (AvgIpc) is 2.76. The van der Waals surface area contributed by atoms with Gasteiger partial charge in [-0.15, -0.1) is 0 Å². The summed E-state index contributed by atoms with van der Waals surface area (Å²) in [5, 5.41) is 16.5. The first-order valence-electron chi connectivity index (χ1n) is 6.93. The Labute approximate surface area is 118 Å². The number of aromatic nitrogens is 1. The van der Waals surface area contributed by atoms with Crippen LogP contribution >= 0.6 is 0 Å². The Kier molecular flexibility index (Phi) is 4.77. The zero-order chi connectivity index (χ0) is 14.7. The van der Waals surface area contributed by atoms with Crippen molar-refractivity contribution in [2.24, 2.45) is 5.92 Å². The molecule has 112 valence electrons. The van der Waals surface area contributed by atoms with Crippen LogP contribution in [0.1, 0.15) is 36.3 Å². The molecule has 20 heavy (non-hydrogen) atoms. The summed E-state index contributed by atoms with van der Waals surface area (Å²) >= 11 is 0. The number of hydrogen-bond donors (Lipinski definition) is 2. The maximum absolute atomic E-state index is 12.2. The molecule has 0 unspecified atom stereocenters. The van der Waals surface area contributed by atoms with Crippen molar-refractivity contribution < 1.29 is 19.2 Å². The molecule has 6 heteroatoms. The van der Waals surface area contributed by atoms with Crippen LogP contribution in [-0.4, -0.2) is 35.5 Å². The van der Waals surface area contributed by atoms with E-state index < -0.39 is 6.10 Å². The Hall–Kier alpha value is -1.40. The van der Waals surface area contributed by atoms with Gasteiger partial charge in [0.1, 0.15) is 5.76 Å². The second-order valence-corrected chi connectivity index (χ2v) is 5.37. The lowest BCUT2D eigenvalue weighted by Crippen LogP contribution is -2.41. The van der Waals surface area contributed by atoms with E-state index in [0.717, 1.165) is 17.0 Å². The molecule has 1 heterocycles. The molecule has 0 radical (unpaired) electrons. The van der Waals surface area contributed by atoms with Gasteiger partial charge in [-0.3, -0.25) is 4.79 Å². The van der Waals surface area contributed by atoms with E-state index in [1.165, 1.54) is 0 Å². The van der Waals surface area contributed by atoms with Gasteiger partial charge in [-0.2, -0.15) is 0 Å². The molecule has 1 amide bonds. The number of aliphatic hydroxyl groups excluding tert-OH is 1. The molecule has 3 atom stereocenters. The second-order valence-electron chi connectivity index (χ2n) is 5.37. The number of nitrogens with zero attached hydrogens (tertiary/aromatic N) is 1. The smallest absolute Gasteiger partial charge is 0.223 e. The van der Waals surface area contributed by atoms with Crippen molar-refractivity contribution >= 4 is 5.91 Å². The lowest BCUT2D eigenvalue weighted by Gasteiger charge is -2.31. The van der Waals surface area contributed by atoms with Crippen LogP contribution in [0.5, 0.6) is 0 Å². The maximum atomic E-state index is 12.2. The highest BCUT2D eigenvalue weighted by Gasteiger charge is 2.32. The number of rotatable bonds is 4. The first-order valence-corrected chi connectivity index (χ1v) is 6.93. The van der Waals surface area contributed by atoms with E-state index in [9.17, 15) is 9.90 Å². The summed E-state index contributed by atoms with van der Waals surface area (Å²) in [5.74, 6) is 0.624. The Bertz CT molecular complexity index is 452. The SMILES string of the molecule is CO[C@@H]1C[C@H](C(=O)NCc2c(C)noc2C)CC[C@@H]1O. The van der Waals surface area contributed by atoms with Gasteiger partial charge >= 0.3 is 0 Å². The topological polar surface area (TPSA) is 84.6 Å². The number of ether oxygens (including phenoxy) is 1. The summed E-state index contributed by atoms with van der Waals surface area (Å²) in [5.41, 5.74) is 1.73. The van der Waals surface area contributed by atoms with Crippen molar-refractivity contribution in [1.82, 2.24) is 10.5 Å². The van der Waals surface area contributed by atoms with Gasteiger partial charge in [0, 0.05) is 25.1 Å². The molecule has 1 aliphatic carbocycles. The standard InChI is InChI=1S/C14H22N2O4/c1-8-11(9(2)20-16-8)7-15-14(18)10-4-5-12(17)13(6-10)19-3/h10,12-13,17H,4-7H2,1-3H3,(H,15,18)/t10-,12+,13-/m1/s1. The van der Waals surface area contributed by atoms with E-state index in [0.29, 0.717) is 25.8 Å². The highest BCUT2D eigenvalue weighted by atomic mass is 16.5. The second kappa shape index (κ2) is 6.37. The highest BCUT2D eigenvalue weighted by molar-refractivity contribution is 5.78. The molecular formula is C14H22N2O4. The predicted octanol–water partition coefficient (Wildman–Crippen LogP) is 1.08. The third kappa shape index (κ3) is 3.19. The molecule has 1 aliphatic rings. The Balaban J connectivity index is 1.89. The maximum Gasteiger partial charge on any atom is 0.223 e. The largest absolute Gasteiger partial charge is 0.390 e. The molecule has 0 bridgehead atoms. The number of amides is 1. The van der Waals surface area contributed by atoms with Crippen LogP contribution in [0, 0.1) is 19.8 Å². The average molecular weight is 282 g/mol. The number of carbonyl (C=O) groups excluding carboxylic acids is 1. The molecule has 6 nitrogen and oxygen atoms in total. The van der Waals surface area contributed by atoms with E-state index in [1.54, 1.807) is 7.11 Å². The van der Waals surface area contributed by atoms with Crippen LogP contribution < -0.4 is 5.32 Å². The van der Waals surface area contributed by atoms with Gasteiger partial charge in [-0.1, -0.05) is 5.16 Å². The fraction of sp³-hybridized carbons (Fsp3) is 0.714. The number of nitrogens with one attached hydrogen (secondary N) is 1. The molecule has 1 fully saturated rings. The first-order chi connectivity index (χ1) is 9.52. The summed E-state index contributed by atoms with van der Waals surface area (Å²) in [6.07, 6.45) is 1.13. The number of carbonyl (C=O) groups is 1. The summed E-state index contributed by atoms with van der Waals surface area (Å²) < 4.78 is 10.3. The zero-order valence-electron chi connectivity index (χ0n) is 12.2. The van der Waals surface area contributed by atoms with Gasteiger partial charge in [0.25, 0.3) is 0 Å². The summed E-state index contributed by atoms with van der Waals surface area (Å²) in [4.78, 5) is 12.2. The van der Waals surface area contributed by atoms with E-state index in [-0.39, 0.29) is 17.9 Å².